The monoisotopic (exact) mass is 354 g/mol. The molecule has 1 aliphatic heterocycles. The zero-order valence-electron chi connectivity index (χ0n) is 15.6. The number of rotatable bonds is 6. The number of methoxy groups -OCH3 is 2. The van der Waals surface area contributed by atoms with E-state index in [0.29, 0.717) is 0 Å². The lowest BCUT2D eigenvalue weighted by Crippen LogP contribution is -2.51. The lowest BCUT2D eigenvalue weighted by Gasteiger charge is -2.39. The van der Waals surface area contributed by atoms with Crippen molar-refractivity contribution in [3.8, 4) is 11.5 Å². The molecular weight excluding hydrogens is 328 g/mol. The van der Waals surface area contributed by atoms with Gasteiger partial charge in [-0.25, -0.2) is 0 Å². The molecule has 0 spiro atoms. The molecule has 3 rings (SSSR count). The van der Waals surface area contributed by atoms with E-state index in [1.165, 1.54) is 0 Å². The Balaban J connectivity index is 1.62. The van der Waals surface area contributed by atoms with Crippen molar-refractivity contribution in [1.29, 1.82) is 0 Å². The number of carbonyl (C=O) groups excluding carboxylic acids is 1. The molecule has 0 radical (unpaired) electrons. The van der Waals surface area contributed by atoms with Gasteiger partial charge in [0.05, 0.1) is 25.9 Å². The molecule has 1 aliphatic rings. The zero-order valence-corrected chi connectivity index (χ0v) is 15.6. The van der Waals surface area contributed by atoms with Gasteiger partial charge in [-0.2, -0.15) is 0 Å². The molecule has 5 nitrogen and oxygen atoms in total. The van der Waals surface area contributed by atoms with Crippen LogP contribution in [-0.4, -0.2) is 57.1 Å². The zero-order chi connectivity index (χ0) is 18.5. The normalized spacial score (nSPS) is 16.2. The minimum absolute atomic E-state index is 0.136. The summed E-state index contributed by atoms with van der Waals surface area (Å²) in [5.74, 6) is 1.81. The van der Waals surface area contributed by atoms with Crippen LogP contribution in [0.1, 0.15) is 17.3 Å². The highest BCUT2D eigenvalue weighted by Gasteiger charge is 2.27. The number of hydrogen-bond donors (Lipinski definition) is 0. The fraction of sp³-hybridized carbons (Fsp3) is 0.381. The summed E-state index contributed by atoms with van der Waals surface area (Å²) >= 11 is 0. The van der Waals surface area contributed by atoms with Gasteiger partial charge in [-0.3, -0.25) is 9.69 Å². The minimum Gasteiger partial charge on any atom is -0.497 e. The van der Waals surface area contributed by atoms with E-state index in [0.717, 1.165) is 48.9 Å². The molecule has 1 heterocycles. The van der Waals surface area contributed by atoms with Crippen LogP contribution in [0.2, 0.25) is 0 Å². The molecule has 26 heavy (non-hydrogen) atoms. The highest BCUT2D eigenvalue weighted by atomic mass is 16.5. The van der Waals surface area contributed by atoms with E-state index in [2.05, 4.69) is 15.9 Å². The Hall–Kier alpha value is -2.53. The second kappa shape index (κ2) is 8.23. The maximum atomic E-state index is 12.8. The van der Waals surface area contributed by atoms with Crippen LogP contribution in [0, 0.1) is 0 Å². The molecule has 0 saturated carbocycles. The molecule has 138 valence electrons. The van der Waals surface area contributed by atoms with E-state index in [-0.39, 0.29) is 11.8 Å². The Kier molecular flexibility index (Phi) is 5.78. The number of ketones is 1. The molecule has 2 aromatic carbocycles. The van der Waals surface area contributed by atoms with Gasteiger partial charge in [0, 0.05) is 31.7 Å². The van der Waals surface area contributed by atoms with Crippen molar-refractivity contribution in [1.82, 2.24) is 4.90 Å². The van der Waals surface area contributed by atoms with Crippen LogP contribution in [0.5, 0.6) is 11.5 Å². The largest absolute Gasteiger partial charge is 0.497 e. The van der Waals surface area contributed by atoms with Crippen LogP contribution in [0.3, 0.4) is 0 Å². The van der Waals surface area contributed by atoms with E-state index in [1.807, 2.05) is 49.4 Å². The standard InChI is InChI=1S/C21H26N2O3/c1-16(21(24)17-8-10-18(25-2)11-9-17)22-12-14-23(15-13-22)19-6-4-5-7-20(19)26-3/h4-11,16H,12-15H2,1-3H3. The van der Waals surface area contributed by atoms with Crippen LogP contribution in [0.15, 0.2) is 48.5 Å². The Labute approximate surface area is 155 Å². The lowest BCUT2D eigenvalue weighted by atomic mass is 10.0. The minimum atomic E-state index is -0.136. The SMILES string of the molecule is COc1ccc(C(=O)C(C)N2CCN(c3ccccc3OC)CC2)cc1. The van der Waals surface area contributed by atoms with E-state index in [1.54, 1.807) is 14.2 Å². The van der Waals surface area contributed by atoms with Crippen LogP contribution in [-0.2, 0) is 0 Å². The summed E-state index contributed by atoms with van der Waals surface area (Å²) in [6.45, 7) is 5.44. The van der Waals surface area contributed by atoms with Crippen LogP contribution in [0.4, 0.5) is 5.69 Å². The van der Waals surface area contributed by atoms with Gasteiger partial charge in [0.25, 0.3) is 0 Å². The molecule has 1 fully saturated rings. The molecule has 0 amide bonds. The number of carbonyl (C=O) groups is 1. The fourth-order valence-electron chi connectivity index (χ4n) is 3.40. The summed E-state index contributed by atoms with van der Waals surface area (Å²) in [6, 6.07) is 15.3. The number of hydrogen-bond acceptors (Lipinski definition) is 5. The Morgan fingerprint density at radius 3 is 2.19 bits per heavy atom. The first kappa shape index (κ1) is 18.3. The maximum absolute atomic E-state index is 12.8. The van der Waals surface area contributed by atoms with Gasteiger partial charge in [-0.1, -0.05) is 12.1 Å². The average Bonchev–Trinajstić information content (AvgIpc) is 2.73. The number of anilines is 1. The Morgan fingerprint density at radius 1 is 0.923 bits per heavy atom. The summed E-state index contributed by atoms with van der Waals surface area (Å²) in [7, 11) is 3.32. The molecule has 1 atom stereocenters. The van der Waals surface area contributed by atoms with E-state index >= 15 is 0 Å². The molecule has 0 aliphatic carbocycles. The molecule has 1 unspecified atom stereocenters. The first-order valence-corrected chi connectivity index (χ1v) is 8.94. The maximum Gasteiger partial charge on any atom is 0.179 e. The number of benzene rings is 2. The number of nitrogens with zero attached hydrogens (tertiary/aromatic N) is 2. The summed E-state index contributed by atoms with van der Waals surface area (Å²) < 4.78 is 10.6. The van der Waals surface area contributed by atoms with E-state index < -0.39 is 0 Å². The third kappa shape index (κ3) is 3.83. The highest BCUT2D eigenvalue weighted by molar-refractivity contribution is 6.00. The number of Topliss-reactive ketones (excluding diaryl/α,β-unsaturated/α-hetero) is 1. The lowest BCUT2D eigenvalue weighted by molar-refractivity contribution is 0.0829. The predicted molar refractivity (Wildman–Crippen MR) is 104 cm³/mol. The van der Waals surface area contributed by atoms with Crippen molar-refractivity contribution >= 4 is 11.5 Å². The summed E-state index contributed by atoms with van der Waals surface area (Å²) in [6.07, 6.45) is 0. The third-order valence-corrected chi connectivity index (χ3v) is 5.04. The number of piperazine rings is 1. The second-order valence-corrected chi connectivity index (χ2v) is 6.46. The summed E-state index contributed by atoms with van der Waals surface area (Å²) in [5.41, 5.74) is 1.84. The van der Waals surface area contributed by atoms with Gasteiger partial charge in [0.2, 0.25) is 0 Å². The smallest absolute Gasteiger partial charge is 0.179 e. The van der Waals surface area contributed by atoms with E-state index in [9.17, 15) is 4.79 Å². The molecule has 1 saturated heterocycles. The number of ether oxygens (including phenoxy) is 2. The Morgan fingerprint density at radius 2 is 1.58 bits per heavy atom. The van der Waals surface area contributed by atoms with Gasteiger partial charge in [-0.15, -0.1) is 0 Å². The van der Waals surface area contributed by atoms with Crippen LogP contribution >= 0.6 is 0 Å². The van der Waals surface area contributed by atoms with Crippen LogP contribution < -0.4 is 14.4 Å². The van der Waals surface area contributed by atoms with Gasteiger partial charge >= 0.3 is 0 Å². The predicted octanol–water partition coefficient (Wildman–Crippen LogP) is 3.10. The topological polar surface area (TPSA) is 42.0 Å². The summed E-state index contributed by atoms with van der Waals surface area (Å²) in [5, 5.41) is 0. The molecule has 0 N–H and O–H groups in total. The highest BCUT2D eigenvalue weighted by Crippen LogP contribution is 2.28. The average molecular weight is 354 g/mol. The third-order valence-electron chi connectivity index (χ3n) is 5.04. The van der Waals surface area contributed by atoms with Crippen molar-refractivity contribution < 1.29 is 14.3 Å². The quantitative estimate of drug-likeness (QED) is 0.746. The van der Waals surface area contributed by atoms with Crippen molar-refractivity contribution in [2.45, 2.75) is 13.0 Å². The molecule has 5 heteroatoms. The molecule has 0 aromatic heterocycles. The van der Waals surface area contributed by atoms with Gasteiger partial charge in [-0.05, 0) is 43.3 Å². The summed E-state index contributed by atoms with van der Waals surface area (Å²) in [4.78, 5) is 17.3. The van der Waals surface area contributed by atoms with Crippen molar-refractivity contribution in [2.24, 2.45) is 0 Å². The van der Waals surface area contributed by atoms with Gasteiger partial charge < -0.3 is 14.4 Å². The molecule has 2 aromatic rings. The van der Waals surface area contributed by atoms with Crippen LogP contribution in [0.25, 0.3) is 0 Å². The van der Waals surface area contributed by atoms with Crippen molar-refractivity contribution in [3.63, 3.8) is 0 Å². The van der Waals surface area contributed by atoms with Crippen molar-refractivity contribution in [3.05, 3.63) is 54.1 Å². The van der Waals surface area contributed by atoms with Gasteiger partial charge in [0.15, 0.2) is 5.78 Å². The first-order valence-electron chi connectivity index (χ1n) is 8.94. The Bertz CT molecular complexity index is 737. The molecular formula is C21H26N2O3. The van der Waals surface area contributed by atoms with Crippen molar-refractivity contribution in [2.75, 3.05) is 45.3 Å². The van der Waals surface area contributed by atoms with Gasteiger partial charge in [0.1, 0.15) is 11.5 Å². The fourth-order valence-corrected chi connectivity index (χ4v) is 3.40. The van der Waals surface area contributed by atoms with E-state index in [4.69, 9.17) is 9.47 Å². The molecule has 0 bridgehead atoms. The number of para-hydroxylation sites is 2. The first-order chi connectivity index (χ1) is 12.6. The second-order valence-electron chi connectivity index (χ2n) is 6.46.